The van der Waals surface area contributed by atoms with Gasteiger partial charge < -0.3 is 9.73 Å². The molecule has 0 unspecified atom stereocenters. The van der Waals surface area contributed by atoms with Crippen LogP contribution in [-0.4, -0.2) is 16.1 Å². The molecule has 144 valence electrons. The summed E-state index contributed by atoms with van der Waals surface area (Å²) in [6.45, 7) is 2.38. The Morgan fingerprint density at radius 2 is 1.66 bits per heavy atom. The highest BCUT2D eigenvalue weighted by Gasteiger charge is 2.12. The molecule has 29 heavy (non-hydrogen) atoms. The van der Waals surface area contributed by atoms with Gasteiger partial charge >= 0.3 is 0 Å². The highest BCUT2D eigenvalue weighted by atomic mass is 35.5. The first-order valence-electron chi connectivity index (χ1n) is 9.13. The van der Waals surface area contributed by atoms with Crippen molar-refractivity contribution in [1.82, 2.24) is 15.5 Å². The van der Waals surface area contributed by atoms with Gasteiger partial charge in [-0.1, -0.05) is 47.5 Å². The molecule has 0 bridgehead atoms. The van der Waals surface area contributed by atoms with E-state index >= 15 is 0 Å². The molecule has 1 N–H and O–H groups in total. The van der Waals surface area contributed by atoms with E-state index in [9.17, 15) is 4.79 Å². The second kappa shape index (κ2) is 8.29. The Balaban J connectivity index is 1.45. The largest absolute Gasteiger partial charge is 0.416 e. The summed E-state index contributed by atoms with van der Waals surface area (Å²) in [7, 11) is 0. The van der Waals surface area contributed by atoms with Crippen LogP contribution in [-0.2, 0) is 6.54 Å². The Morgan fingerprint density at radius 1 is 0.931 bits per heavy atom. The summed E-state index contributed by atoms with van der Waals surface area (Å²) in [5.74, 6) is 0.692. The number of amides is 1. The van der Waals surface area contributed by atoms with E-state index in [1.54, 1.807) is 30.3 Å². The number of carbonyl (C=O) groups excluding carboxylic acids is 1. The lowest BCUT2D eigenvalue weighted by atomic mass is 10.1. The molecule has 0 aliphatic rings. The molecule has 1 aromatic heterocycles. The van der Waals surface area contributed by atoms with Crippen LogP contribution < -0.4 is 5.32 Å². The number of aromatic nitrogens is 2. The molecule has 0 radical (unpaired) electrons. The van der Waals surface area contributed by atoms with E-state index in [0.29, 0.717) is 28.9 Å². The minimum atomic E-state index is -0.178. The van der Waals surface area contributed by atoms with E-state index in [1.807, 2.05) is 49.4 Å². The first kappa shape index (κ1) is 18.9. The smallest absolute Gasteiger partial charge is 0.251 e. The molecule has 0 atom stereocenters. The summed E-state index contributed by atoms with van der Waals surface area (Å²) in [4.78, 5) is 12.4. The summed E-state index contributed by atoms with van der Waals surface area (Å²) in [5.41, 5.74) is 4.15. The lowest BCUT2D eigenvalue weighted by Gasteiger charge is -2.07. The predicted molar refractivity (Wildman–Crippen MR) is 113 cm³/mol. The monoisotopic (exact) mass is 403 g/mol. The minimum Gasteiger partial charge on any atom is -0.416 e. The SMILES string of the molecule is Cc1cccc(-c2nnc(-c3ccc(C(=O)NCc4ccccc4Cl)cc3)o2)c1. The van der Waals surface area contributed by atoms with E-state index in [2.05, 4.69) is 15.5 Å². The average molecular weight is 404 g/mol. The van der Waals surface area contributed by atoms with Crippen molar-refractivity contribution in [2.45, 2.75) is 13.5 Å². The molecule has 1 heterocycles. The van der Waals surface area contributed by atoms with Crippen LogP contribution in [0.1, 0.15) is 21.5 Å². The fourth-order valence-corrected chi connectivity index (χ4v) is 3.12. The van der Waals surface area contributed by atoms with E-state index in [0.717, 1.165) is 22.3 Å². The van der Waals surface area contributed by atoms with E-state index in [1.165, 1.54) is 0 Å². The standard InChI is InChI=1S/C23H18ClN3O2/c1-15-5-4-7-18(13-15)23-27-26-22(29-23)17-11-9-16(10-12-17)21(28)25-14-19-6-2-3-8-20(19)24/h2-13H,14H2,1H3,(H,25,28). The highest BCUT2D eigenvalue weighted by Crippen LogP contribution is 2.24. The maximum atomic E-state index is 12.4. The molecular weight excluding hydrogens is 386 g/mol. The maximum Gasteiger partial charge on any atom is 0.251 e. The molecule has 5 nitrogen and oxygen atoms in total. The number of hydrogen-bond donors (Lipinski definition) is 1. The van der Waals surface area contributed by atoms with E-state index < -0.39 is 0 Å². The molecule has 0 aliphatic carbocycles. The van der Waals surface area contributed by atoms with Crippen LogP contribution in [0.4, 0.5) is 0 Å². The van der Waals surface area contributed by atoms with Gasteiger partial charge in [0.15, 0.2) is 0 Å². The Labute approximate surface area is 173 Å². The second-order valence-corrected chi connectivity index (χ2v) is 7.04. The third kappa shape index (κ3) is 4.36. The predicted octanol–water partition coefficient (Wildman–Crippen LogP) is 5.30. The number of benzene rings is 3. The Bertz CT molecular complexity index is 1150. The van der Waals surface area contributed by atoms with E-state index in [-0.39, 0.29) is 5.91 Å². The molecule has 0 fully saturated rings. The lowest BCUT2D eigenvalue weighted by Crippen LogP contribution is -2.22. The Morgan fingerprint density at radius 3 is 2.38 bits per heavy atom. The van der Waals surface area contributed by atoms with Crippen LogP contribution in [0, 0.1) is 6.92 Å². The fraction of sp³-hybridized carbons (Fsp3) is 0.0870. The topological polar surface area (TPSA) is 68.0 Å². The van der Waals surface area contributed by atoms with Gasteiger partial charge in [0, 0.05) is 28.3 Å². The van der Waals surface area contributed by atoms with Crippen molar-refractivity contribution in [3.05, 3.63) is 94.5 Å². The highest BCUT2D eigenvalue weighted by molar-refractivity contribution is 6.31. The third-order valence-corrected chi connectivity index (χ3v) is 4.85. The van der Waals surface area contributed by atoms with Crippen LogP contribution in [0.25, 0.3) is 22.9 Å². The average Bonchev–Trinajstić information content (AvgIpc) is 3.23. The van der Waals surface area contributed by atoms with Gasteiger partial charge in [0.05, 0.1) is 0 Å². The zero-order valence-corrected chi connectivity index (χ0v) is 16.5. The van der Waals surface area contributed by atoms with Crippen molar-refractivity contribution in [2.75, 3.05) is 0 Å². The summed E-state index contributed by atoms with van der Waals surface area (Å²) in [6.07, 6.45) is 0. The molecule has 4 rings (SSSR count). The zero-order valence-electron chi connectivity index (χ0n) is 15.7. The third-order valence-electron chi connectivity index (χ3n) is 4.48. The first-order chi connectivity index (χ1) is 14.1. The maximum absolute atomic E-state index is 12.4. The molecule has 0 spiro atoms. The number of aryl methyl sites for hydroxylation is 1. The van der Waals surface area contributed by atoms with Crippen molar-refractivity contribution in [2.24, 2.45) is 0 Å². The van der Waals surface area contributed by atoms with Crippen LogP contribution >= 0.6 is 11.6 Å². The van der Waals surface area contributed by atoms with Gasteiger partial charge in [0.25, 0.3) is 5.91 Å². The summed E-state index contributed by atoms with van der Waals surface area (Å²) in [6, 6.07) is 22.3. The van der Waals surface area contributed by atoms with Crippen LogP contribution in [0.2, 0.25) is 5.02 Å². The van der Waals surface area contributed by atoms with Gasteiger partial charge in [-0.25, -0.2) is 0 Å². The van der Waals surface area contributed by atoms with Crippen molar-refractivity contribution >= 4 is 17.5 Å². The van der Waals surface area contributed by atoms with Gasteiger partial charge in [0.2, 0.25) is 11.8 Å². The van der Waals surface area contributed by atoms with Crippen molar-refractivity contribution in [1.29, 1.82) is 0 Å². The first-order valence-corrected chi connectivity index (χ1v) is 9.50. The molecule has 4 aromatic rings. The van der Waals surface area contributed by atoms with Crippen molar-refractivity contribution < 1.29 is 9.21 Å². The fourth-order valence-electron chi connectivity index (χ4n) is 2.92. The minimum absolute atomic E-state index is 0.178. The quantitative estimate of drug-likeness (QED) is 0.491. The lowest BCUT2D eigenvalue weighted by molar-refractivity contribution is 0.0951. The van der Waals surface area contributed by atoms with Gasteiger partial charge in [0.1, 0.15) is 0 Å². The Kier molecular flexibility index (Phi) is 5.40. The van der Waals surface area contributed by atoms with Crippen LogP contribution in [0.15, 0.2) is 77.2 Å². The molecular formula is C23H18ClN3O2. The van der Waals surface area contributed by atoms with Gasteiger partial charge in [-0.05, 0) is 55.0 Å². The number of halogens is 1. The number of nitrogens with zero attached hydrogens (tertiary/aromatic N) is 2. The normalized spacial score (nSPS) is 10.7. The van der Waals surface area contributed by atoms with Crippen molar-refractivity contribution in [3.8, 4) is 22.9 Å². The molecule has 6 heteroatoms. The summed E-state index contributed by atoms with van der Waals surface area (Å²) < 4.78 is 5.79. The van der Waals surface area contributed by atoms with E-state index in [4.69, 9.17) is 16.0 Å². The number of rotatable bonds is 5. The molecule has 0 aliphatic heterocycles. The number of hydrogen-bond acceptors (Lipinski definition) is 4. The molecule has 3 aromatic carbocycles. The zero-order chi connectivity index (χ0) is 20.2. The van der Waals surface area contributed by atoms with Crippen molar-refractivity contribution in [3.63, 3.8) is 0 Å². The van der Waals surface area contributed by atoms with Crippen LogP contribution in [0.5, 0.6) is 0 Å². The molecule has 1 amide bonds. The Hall–Kier alpha value is -3.44. The van der Waals surface area contributed by atoms with Gasteiger partial charge in [-0.15, -0.1) is 10.2 Å². The number of carbonyl (C=O) groups is 1. The van der Waals surface area contributed by atoms with Gasteiger partial charge in [-0.2, -0.15) is 0 Å². The molecule has 0 saturated carbocycles. The number of nitrogens with one attached hydrogen (secondary N) is 1. The van der Waals surface area contributed by atoms with Crippen LogP contribution in [0.3, 0.4) is 0 Å². The van der Waals surface area contributed by atoms with Gasteiger partial charge in [-0.3, -0.25) is 4.79 Å². The second-order valence-electron chi connectivity index (χ2n) is 6.63. The summed E-state index contributed by atoms with van der Waals surface area (Å²) in [5, 5.41) is 11.7. The molecule has 0 saturated heterocycles. The summed E-state index contributed by atoms with van der Waals surface area (Å²) >= 11 is 6.12.